The summed E-state index contributed by atoms with van der Waals surface area (Å²) in [5, 5.41) is 7.03. The van der Waals surface area contributed by atoms with E-state index in [1.54, 1.807) is 6.92 Å². The zero-order valence-electron chi connectivity index (χ0n) is 5.75. The quantitative estimate of drug-likeness (QED) is 0.309. The zero-order chi connectivity index (χ0) is 8.91. The molecular formula is C6H6Cl3NO. The molecule has 0 heterocycles. The summed E-state index contributed by atoms with van der Waals surface area (Å²) in [6.07, 6.45) is 0. The molecule has 0 fully saturated rings. The van der Waals surface area contributed by atoms with Gasteiger partial charge in [0, 0.05) is 0 Å². The van der Waals surface area contributed by atoms with Crippen LogP contribution in [0.15, 0.2) is 0 Å². The van der Waals surface area contributed by atoms with Gasteiger partial charge in [-0.15, -0.1) is 5.92 Å². The van der Waals surface area contributed by atoms with Crippen molar-refractivity contribution in [2.75, 3.05) is 6.61 Å². The average molecular weight is 214 g/mol. The Morgan fingerprint density at radius 1 is 1.55 bits per heavy atom. The molecule has 0 aliphatic carbocycles. The van der Waals surface area contributed by atoms with Crippen LogP contribution < -0.4 is 0 Å². The largest absolute Gasteiger partial charge is 0.465 e. The van der Waals surface area contributed by atoms with Crippen LogP contribution >= 0.6 is 34.8 Å². The van der Waals surface area contributed by atoms with Crippen LogP contribution in [0, 0.1) is 17.3 Å². The van der Waals surface area contributed by atoms with Gasteiger partial charge in [0.25, 0.3) is 3.79 Å². The number of ether oxygens (including phenoxy) is 1. The fourth-order valence-electron chi connectivity index (χ4n) is 0.262. The van der Waals surface area contributed by atoms with Crippen molar-refractivity contribution in [3.8, 4) is 11.8 Å². The highest BCUT2D eigenvalue weighted by atomic mass is 35.6. The highest BCUT2D eigenvalue weighted by Crippen LogP contribution is 2.27. The van der Waals surface area contributed by atoms with Crippen LogP contribution in [0.1, 0.15) is 6.92 Å². The van der Waals surface area contributed by atoms with Crippen LogP contribution in [0.4, 0.5) is 0 Å². The summed E-state index contributed by atoms with van der Waals surface area (Å²) in [5.41, 5.74) is 0. The van der Waals surface area contributed by atoms with Crippen molar-refractivity contribution in [1.29, 1.82) is 5.41 Å². The number of nitrogens with one attached hydrogen (secondary N) is 1. The molecule has 5 heteroatoms. The van der Waals surface area contributed by atoms with Crippen molar-refractivity contribution in [2.24, 2.45) is 0 Å². The lowest BCUT2D eigenvalue weighted by molar-refractivity contribution is 0.347. The Balaban J connectivity index is 3.77. The Morgan fingerprint density at radius 3 is 2.45 bits per heavy atom. The van der Waals surface area contributed by atoms with E-state index in [0.717, 1.165) is 0 Å². The fourth-order valence-corrected chi connectivity index (χ4v) is 0.426. The van der Waals surface area contributed by atoms with Gasteiger partial charge >= 0.3 is 0 Å². The maximum Gasteiger partial charge on any atom is 0.265 e. The third-order valence-corrected chi connectivity index (χ3v) is 1.24. The Hall–Kier alpha value is -0.100. The third-order valence-electron chi connectivity index (χ3n) is 0.723. The highest BCUT2D eigenvalue weighted by Gasteiger charge is 2.28. The molecule has 0 aliphatic rings. The first-order valence-corrected chi connectivity index (χ1v) is 3.80. The summed E-state index contributed by atoms with van der Waals surface area (Å²) in [7, 11) is 0. The number of rotatable bonds is 1. The second-order valence-electron chi connectivity index (χ2n) is 1.54. The Morgan fingerprint density at radius 2 is 2.09 bits per heavy atom. The van der Waals surface area contributed by atoms with Crippen molar-refractivity contribution in [1.82, 2.24) is 0 Å². The maximum atomic E-state index is 7.03. The number of alkyl halides is 3. The first-order valence-electron chi connectivity index (χ1n) is 2.66. The molecule has 0 amide bonds. The molecule has 0 aromatic heterocycles. The van der Waals surface area contributed by atoms with Crippen LogP contribution in [-0.2, 0) is 4.74 Å². The lowest BCUT2D eigenvalue weighted by atomic mass is 10.6. The third kappa shape index (κ3) is 5.20. The Bertz CT molecular complexity index is 198. The van der Waals surface area contributed by atoms with Crippen LogP contribution in [0.3, 0.4) is 0 Å². The molecule has 62 valence electrons. The van der Waals surface area contributed by atoms with E-state index in [4.69, 9.17) is 40.2 Å². The van der Waals surface area contributed by atoms with E-state index in [2.05, 4.69) is 16.6 Å². The smallest absolute Gasteiger partial charge is 0.265 e. The molecule has 0 radical (unpaired) electrons. The molecule has 0 aliphatic heterocycles. The summed E-state index contributed by atoms with van der Waals surface area (Å²) < 4.78 is 2.88. The first-order chi connectivity index (χ1) is 4.98. The highest BCUT2D eigenvalue weighted by molar-refractivity contribution is 6.76. The summed E-state index contributed by atoms with van der Waals surface area (Å²) >= 11 is 15.9. The zero-order valence-corrected chi connectivity index (χ0v) is 8.02. The van der Waals surface area contributed by atoms with E-state index >= 15 is 0 Å². The molecule has 0 rings (SSSR count). The van der Waals surface area contributed by atoms with Crippen LogP contribution in [0.2, 0.25) is 0 Å². The minimum absolute atomic E-state index is 0.0727. The van der Waals surface area contributed by atoms with Crippen molar-refractivity contribution in [3.63, 3.8) is 0 Å². The molecule has 1 N–H and O–H groups in total. The summed E-state index contributed by atoms with van der Waals surface area (Å²) in [5.74, 6) is 4.72. The number of hydrogen-bond acceptors (Lipinski definition) is 2. The molecule has 0 aromatic carbocycles. The summed E-state index contributed by atoms with van der Waals surface area (Å²) in [6, 6.07) is 0. The van der Waals surface area contributed by atoms with E-state index < -0.39 is 9.69 Å². The van der Waals surface area contributed by atoms with Crippen LogP contribution in [-0.4, -0.2) is 16.3 Å². The predicted octanol–water partition coefficient (Wildman–Crippen LogP) is 2.37. The van der Waals surface area contributed by atoms with Crippen molar-refractivity contribution >= 4 is 40.7 Å². The Kier molecular flexibility index (Phi) is 4.67. The summed E-state index contributed by atoms with van der Waals surface area (Å²) in [6.45, 7) is 1.73. The Labute approximate surface area is 80.3 Å². The monoisotopic (exact) mass is 213 g/mol. The standard InChI is InChI=1S/C6H6Cl3NO/c1-2-3-4-11-5(10)6(7,8)9/h10H,4H2,1H3. The minimum Gasteiger partial charge on any atom is -0.465 e. The van der Waals surface area contributed by atoms with Crippen molar-refractivity contribution in [2.45, 2.75) is 10.7 Å². The SMILES string of the molecule is CC#CCOC(=N)C(Cl)(Cl)Cl. The van der Waals surface area contributed by atoms with Gasteiger partial charge in [-0.25, -0.2) is 0 Å². The van der Waals surface area contributed by atoms with Crippen LogP contribution in [0.25, 0.3) is 0 Å². The topological polar surface area (TPSA) is 33.1 Å². The predicted molar refractivity (Wildman–Crippen MR) is 47.4 cm³/mol. The molecule has 0 saturated heterocycles. The van der Waals surface area contributed by atoms with Gasteiger partial charge in [0.15, 0.2) is 6.61 Å². The molecule has 11 heavy (non-hydrogen) atoms. The molecule has 2 nitrogen and oxygen atoms in total. The maximum absolute atomic E-state index is 7.03. The molecule has 0 bridgehead atoms. The van der Waals surface area contributed by atoms with E-state index in [-0.39, 0.29) is 6.61 Å². The van der Waals surface area contributed by atoms with Gasteiger partial charge in [-0.3, -0.25) is 5.41 Å². The van der Waals surface area contributed by atoms with Gasteiger partial charge in [0.2, 0.25) is 5.90 Å². The van der Waals surface area contributed by atoms with Gasteiger partial charge in [-0.2, -0.15) is 0 Å². The molecule has 0 spiro atoms. The molecule has 0 saturated carbocycles. The normalized spacial score (nSPS) is 9.82. The molecular weight excluding hydrogens is 208 g/mol. The molecule has 0 unspecified atom stereocenters. The second kappa shape index (κ2) is 4.71. The van der Waals surface area contributed by atoms with E-state index in [0.29, 0.717) is 0 Å². The van der Waals surface area contributed by atoms with Gasteiger partial charge in [-0.05, 0) is 6.92 Å². The van der Waals surface area contributed by atoms with Gasteiger partial charge in [-0.1, -0.05) is 40.7 Å². The van der Waals surface area contributed by atoms with E-state index in [9.17, 15) is 0 Å². The lowest BCUT2D eigenvalue weighted by Gasteiger charge is -2.10. The first kappa shape index (κ1) is 10.9. The van der Waals surface area contributed by atoms with Crippen molar-refractivity contribution in [3.05, 3.63) is 0 Å². The van der Waals surface area contributed by atoms with Gasteiger partial charge < -0.3 is 4.74 Å². The van der Waals surface area contributed by atoms with Gasteiger partial charge in [0.1, 0.15) is 0 Å². The molecule has 0 atom stereocenters. The summed E-state index contributed by atoms with van der Waals surface area (Å²) in [4.78, 5) is 0. The fraction of sp³-hybridized carbons (Fsp3) is 0.500. The minimum atomic E-state index is -1.78. The van der Waals surface area contributed by atoms with Crippen LogP contribution in [0.5, 0.6) is 0 Å². The average Bonchev–Trinajstić information content (AvgIpc) is 1.86. The van der Waals surface area contributed by atoms with E-state index in [1.165, 1.54) is 0 Å². The van der Waals surface area contributed by atoms with Gasteiger partial charge in [0.05, 0.1) is 0 Å². The number of hydrogen-bond donors (Lipinski definition) is 1. The lowest BCUT2D eigenvalue weighted by Crippen LogP contribution is -2.21. The second-order valence-corrected chi connectivity index (χ2v) is 3.82. The molecule has 0 aromatic rings. The van der Waals surface area contributed by atoms with E-state index in [1.807, 2.05) is 0 Å². The number of halogens is 3. The van der Waals surface area contributed by atoms with Crippen molar-refractivity contribution < 1.29 is 4.74 Å².